The van der Waals surface area contributed by atoms with Crippen LogP contribution in [0.15, 0.2) is 24.3 Å². The van der Waals surface area contributed by atoms with Crippen LogP contribution in [0, 0.1) is 5.92 Å². The smallest absolute Gasteiger partial charge is 0.226 e. The molecule has 0 aromatic heterocycles. The van der Waals surface area contributed by atoms with E-state index < -0.39 is 0 Å². The predicted molar refractivity (Wildman–Crippen MR) is 87.0 cm³/mol. The average molecular weight is 316 g/mol. The summed E-state index contributed by atoms with van der Waals surface area (Å²) in [5, 5.41) is 0. The summed E-state index contributed by atoms with van der Waals surface area (Å²) in [5.74, 6) is 0.865. The van der Waals surface area contributed by atoms with Crippen LogP contribution < -0.4 is 4.74 Å². The molecule has 0 saturated carbocycles. The number of piperidine rings is 1. The van der Waals surface area contributed by atoms with Crippen molar-refractivity contribution in [3.8, 4) is 5.75 Å². The highest BCUT2D eigenvalue weighted by Crippen LogP contribution is 2.35. The van der Waals surface area contributed by atoms with Gasteiger partial charge in [-0.3, -0.25) is 9.59 Å². The third kappa shape index (κ3) is 3.19. The van der Waals surface area contributed by atoms with Gasteiger partial charge in [0.2, 0.25) is 11.8 Å². The molecule has 2 aliphatic rings. The van der Waals surface area contributed by atoms with Gasteiger partial charge >= 0.3 is 0 Å². The molecule has 124 valence electrons. The van der Waals surface area contributed by atoms with Crippen molar-refractivity contribution in [3.05, 3.63) is 29.8 Å². The molecule has 0 spiro atoms. The van der Waals surface area contributed by atoms with Gasteiger partial charge in [0, 0.05) is 32.5 Å². The van der Waals surface area contributed by atoms with Crippen LogP contribution in [0.25, 0.3) is 0 Å². The highest BCUT2D eigenvalue weighted by Gasteiger charge is 2.37. The third-order valence-corrected chi connectivity index (χ3v) is 5.02. The number of ether oxygens (including phenoxy) is 1. The number of carbonyl (C=O) groups excluding carboxylic acids is 2. The van der Waals surface area contributed by atoms with Crippen molar-refractivity contribution < 1.29 is 14.3 Å². The quantitative estimate of drug-likeness (QED) is 0.859. The molecule has 3 rings (SSSR count). The van der Waals surface area contributed by atoms with E-state index in [0.29, 0.717) is 13.0 Å². The summed E-state index contributed by atoms with van der Waals surface area (Å²) in [6, 6.07) is 8.05. The Morgan fingerprint density at radius 1 is 1.26 bits per heavy atom. The lowest BCUT2D eigenvalue weighted by molar-refractivity contribution is -0.145. The first kappa shape index (κ1) is 15.8. The van der Waals surface area contributed by atoms with Crippen LogP contribution in [-0.4, -0.2) is 48.9 Å². The number of hydrogen-bond acceptors (Lipinski definition) is 3. The number of benzene rings is 1. The molecular weight excluding hydrogens is 292 g/mol. The number of methoxy groups -OCH3 is 1. The second kappa shape index (κ2) is 6.60. The van der Waals surface area contributed by atoms with Crippen molar-refractivity contribution in [2.75, 3.05) is 27.2 Å². The molecule has 2 aliphatic heterocycles. The summed E-state index contributed by atoms with van der Waals surface area (Å²) in [4.78, 5) is 28.5. The first-order valence-electron chi connectivity index (χ1n) is 8.28. The highest BCUT2D eigenvalue weighted by molar-refractivity contribution is 5.87. The number of amides is 2. The van der Waals surface area contributed by atoms with E-state index in [9.17, 15) is 9.59 Å². The Morgan fingerprint density at radius 3 is 2.83 bits per heavy atom. The summed E-state index contributed by atoms with van der Waals surface area (Å²) >= 11 is 0. The molecule has 2 atom stereocenters. The minimum Gasteiger partial charge on any atom is -0.497 e. The van der Waals surface area contributed by atoms with Gasteiger partial charge < -0.3 is 14.5 Å². The van der Waals surface area contributed by atoms with Crippen LogP contribution in [0.1, 0.15) is 37.3 Å². The Kier molecular flexibility index (Phi) is 4.55. The van der Waals surface area contributed by atoms with E-state index >= 15 is 0 Å². The molecule has 1 aromatic carbocycles. The molecule has 2 saturated heterocycles. The minimum atomic E-state index is -0.162. The summed E-state index contributed by atoms with van der Waals surface area (Å²) in [5.41, 5.74) is 1.12. The van der Waals surface area contributed by atoms with E-state index in [-0.39, 0.29) is 23.8 Å². The molecule has 1 aromatic rings. The van der Waals surface area contributed by atoms with Crippen molar-refractivity contribution in [1.82, 2.24) is 9.80 Å². The fourth-order valence-electron chi connectivity index (χ4n) is 3.61. The van der Waals surface area contributed by atoms with Crippen LogP contribution >= 0.6 is 0 Å². The number of rotatable bonds is 3. The van der Waals surface area contributed by atoms with Crippen LogP contribution in [-0.2, 0) is 9.59 Å². The molecule has 23 heavy (non-hydrogen) atoms. The molecule has 0 N–H and O–H groups in total. The molecule has 2 fully saturated rings. The lowest BCUT2D eigenvalue weighted by Gasteiger charge is -2.33. The number of nitrogens with zero attached hydrogens (tertiary/aromatic N) is 2. The average Bonchev–Trinajstić information content (AvgIpc) is 3.06. The van der Waals surface area contributed by atoms with E-state index in [1.165, 1.54) is 0 Å². The topological polar surface area (TPSA) is 49.9 Å². The monoisotopic (exact) mass is 316 g/mol. The zero-order valence-electron chi connectivity index (χ0n) is 13.8. The summed E-state index contributed by atoms with van der Waals surface area (Å²) < 4.78 is 5.30. The van der Waals surface area contributed by atoms with Gasteiger partial charge in [-0.2, -0.15) is 0 Å². The fraction of sp³-hybridized carbons (Fsp3) is 0.556. The molecule has 2 heterocycles. The maximum absolute atomic E-state index is 12.9. The van der Waals surface area contributed by atoms with Crippen molar-refractivity contribution in [3.63, 3.8) is 0 Å². The van der Waals surface area contributed by atoms with Crippen LogP contribution in [0.4, 0.5) is 0 Å². The van der Waals surface area contributed by atoms with Crippen molar-refractivity contribution in [1.29, 1.82) is 0 Å². The van der Waals surface area contributed by atoms with Crippen molar-refractivity contribution in [2.24, 2.45) is 5.92 Å². The summed E-state index contributed by atoms with van der Waals surface area (Å²) in [6.07, 6.45) is 3.09. The van der Waals surface area contributed by atoms with Gasteiger partial charge in [0.1, 0.15) is 5.75 Å². The molecule has 0 radical (unpaired) electrons. The summed E-state index contributed by atoms with van der Waals surface area (Å²) in [6.45, 7) is 1.45. The fourth-order valence-corrected chi connectivity index (χ4v) is 3.61. The highest BCUT2D eigenvalue weighted by atomic mass is 16.5. The van der Waals surface area contributed by atoms with E-state index in [1.807, 2.05) is 23.1 Å². The Labute approximate surface area is 137 Å². The van der Waals surface area contributed by atoms with Gasteiger partial charge in [0.05, 0.1) is 13.2 Å². The normalized spacial score (nSPS) is 24.9. The van der Waals surface area contributed by atoms with Crippen LogP contribution in [0.2, 0.25) is 0 Å². The first-order chi connectivity index (χ1) is 11.1. The number of carbonyl (C=O) groups is 2. The third-order valence-electron chi connectivity index (χ3n) is 5.02. The molecule has 5 nitrogen and oxygen atoms in total. The maximum atomic E-state index is 12.9. The van der Waals surface area contributed by atoms with Crippen LogP contribution in [0.5, 0.6) is 5.75 Å². The van der Waals surface area contributed by atoms with Crippen molar-refractivity contribution >= 4 is 11.8 Å². The molecule has 2 amide bonds. The standard InChI is InChI=1S/C18H24N2O3/c1-19-10-8-14(12-17(19)21)18(22)20-9-4-7-16(20)13-5-3-6-15(11-13)23-2/h3,5-6,11,14,16H,4,7-10,12H2,1-2H3. The Balaban J connectivity index is 1.75. The molecule has 5 heteroatoms. The van der Waals surface area contributed by atoms with Gasteiger partial charge in [-0.1, -0.05) is 12.1 Å². The SMILES string of the molecule is COc1cccc(C2CCCN2C(=O)C2CCN(C)C(=O)C2)c1. The first-order valence-corrected chi connectivity index (χ1v) is 8.28. The zero-order chi connectivity index (χ0) is 16.4. The number of likely N-dealkylation sites (tertiary alicyclic amines) is 2. The second-order valence-corrected chi connectivity index (χ2v) is 6.47. The van der Waals surface area contributed by atoms with E-state index in [4.69, 9.17) is 4.74 Å². The van der Waals surface area contributed by atoms with Gasteiger partial charge in [0.25, 0.3) is 0 Å². The van der Waals surface area contributed by atoms with Gasteiger partial charge in [-0.05, 0) is 37.0 Å². The number of hydrogen-bond donors (Lipinski definition) is 0. The predicted octanol–water partition coefficient (Wildman–Crippen LogP) is 2.23. The summed E-state index contributed by atoms with van der Waals surface area (Å²) in [7, 11) is 3.46. The zero-order valence-corrected chi connectivity index (χ0v) is 13.8. The minimum absolute atomic E-state index is 0.0757. The Hall–Kier alpha value is -2.04. The largest absolute Gasteiger partial charge is 0.497 e. The van der Waals surface area contributed by atoms with Crippen LogP contribution in [0.3, 0.4) is 0 Å². The Morgan fingerprint density at radius 2 is 2.09 bits per heavy atom. The Bertz CT molecular complexity index is 602. The van der Waals surface area contributed by atoms with E-state index in [1.54, 1.807) is 19.1 Å². The molecule has 0 bridgehead atoms. The van der Waals surface area contributed by atoms with E-state index in [2.05, 4.69) is 6.07 Å². The lowest BCUT2D eigenvalue weighted by Crippen LogP contribution is -2.43. The van der Waals surface area contributed by atoms with Gasteiger partial charge in [-0.25, -0.2) is 0 Å². The van der Waals surface area contributed by atoms with Gasteiger partial charge in [-0.15, -0.1) is 0 Å². The van der Waals surface area contributed by atoms with Crippen molar-refractivity contribution in [2.45, 2.75) is 31.7 Å². The maximum Gasteiger partial charge on any atom is 0.226 e. The van der Waals surface area contributed by atoms with Gasteiger partial charge in [0.15, 0.2) is 0 Å². The van der Waals surface area contributed by atoms with E-state index in [0.717, 1.165) is 37.1 Å². The molecular formula is C18H24N2O3. The lowest BCUT2D eigenvalue weighted by atomic mass is 9.94. The second-order valence-electron chi connectivity index (χ2n) is 6.47. The molecule has 0 aliphatic carbocycles. The molecule has 2 unspecified atom stereocenters.